The Hall–Kier alpha value is -0.0800. The highest BCUT2D eigenvalue weighted by molar-refractivity contribution is 4.83. The van der Waals surface area contributed by atoms with Crippen LogP contribution in [-0.2, 0) is 0 Å². The average Bonchev–Trinajstić information content (AvgIpc) is 2.30. The van der Waals surface area contributed by atoms with Crippen LogP contribution in [0, 0.1) is 11.3 Å². The molecule has 0 spiro atoms. The summed E-state index contributed by atoms with van der Waals surface area (Å²) in [5.41, 5.74) is 0.582. The molecule has 1 aliphatic carbocycles. The molecule has 2 nitrogen and oxygen atoms in total. The third-order valence-corrected chi connectivity index (χ3v) is 4.76. The summed E-state index contributed by atoms with van der Waals surface area (Å²) in [5, 5.41) is 7.36. The second kappa shape index (κ2) is 6.19. The van der Waals surface area contributed by atoms with E-state index in [1.54, 1.807) is 0 Å². The number of nitrogens with one attached hydrogen (secondary N) is 2. The van der Waals surface area contributed by atoms with Crippen LogP contribution in [0.5, 0.6) is 0 Å². The van der Waals surface area contributed by atoms with E-state index < -0.39 is 0 Å². The zero-order valence-corrected chi connectivity index (χ0v) is 11.7. The fourth-order valence-corrected chi connectivity index (χ4v) is 3.51. The van der Waals surface area contributed by atoms with Crippen LogP contribution in [0.15, 0.2) is 0 Å². The molecule has 0 aromatic heterocycles. The van der Waals surface area contributed by atoms with E-state index >= 15 is 0 Å². The van der Waals surface area contributed by atoms with Crippen LogP contribution in [0.3, 0.4) is 0 Å². The van der Waals surface area contributed by atoms with Gasteiger partial charge in [0.05, 0.1) is 0 Å². The Labute approximate surface area is 107 Å². The first-order valence-electron chi connectivity index (χ1n) is 7.62. The first-order chi connectivity index (χ1) is 8.18. The van der Waals surface area contributed by atoms with Gasteiger partial charge in [-0.25, -0.2) is 0 Å². The van der Waals surface area contributed by atoms with Gasteiger partial charge < -0.3 is 10.6 Å². The lowest BCUT2D eigenvalue weighted by Crippen LogP contribution is -2.46. The van der Waals surface area contributed by atoms with E-state index in [1.807, 2.05) is 0 Å². The highest BCUT2D eigenvalue weighted by Crippen LogP contribution is 2.34. The molecule has 2 fully saturated rings. The average molecular weight is 238 g/mol. The zero-order valence-electron chi connectivity index (χ0n) is 11.7. The Morgan fingerprint density at radius 1 is 1.24 bits per heavy atom. The van der Waals surface area contributed by atoms with Crippen LogP contribution < -0.4 is 10.6 Å². The molecule has 1 saturated heterocycles. The van der Waals surface area contributed by atoms with Crippen molar-refractivity contribution >= 4 is 0 Å². The fraction of sp³-hybridized carbons (Fsp3) is 1.00. The smallest absolute Gasteiger partial charge is 0.0195 e. The van der Waals surface area contributed by atoms with E-state index in [-0.39, 0.29) is 0 Å². The predicted octanol–water partition coefficient (Wildman–Crippen LogP) is 2.93. The minimum Gasteiger partial charge on any atom is -0.315 e. The molecule has 17 heavy (non-hydrogen) atoms. The molecule has 0 bridgehead atoms. The van der Waals surface area contributed by atoms with Gasteiger partial charge in [-0.3, -0.25) is 0 Å². The molecule has 0 radical (unpaired) electrons. The quantitative estimate of drug-likeness (QED) is 0.787. The summed E-state index contributed by atoms with van der Waals surface area (Å²) in [6, 6.07) is 0.714. The molecule has 0 aromatic rings. The molecule has 2 heteroatoms. The molecule has 2 aliphatic rings. The maximum atomic E-state index is 3.72. The molecular weight excluding hydrogens is 208 g/mol. The molecule has 1 heterocycles. The van der Waals surface area contributed by atoms with Crippen LogP contribution in [0.25, 0.3) is 0 Å². The summed E-state index contributed by atoms with van der Waals surface area (Å²) in [5.74, 6) is 0.910. The van der Waals surface area contributed by atoms with Crippen molar-refractivity contribution in [3.8, 4) is 0 Å². The van der Waals surface area contributed by atoms with E-state index in [4.69, 9.17) is 0 Å². The van der Waals surface area contributed by atoms with Crippen molar-refractivity contribution in [2.75, 3.05) is 19.6 Å². The van der Waals surface area contributed by atoms with Crippen molar-refractivity contribution in [3.05, 3.63) is 0 Å². The standard InChI is InChI=1S/C15H30N2/c1-13-6-9-17-14(10-13)11-16-12-15(2)7-4-3-5-8-15/h13-14,16-17H,3-12H2,1-2H3. The van der Waals surface area contributed by atoms with Crippen molar-refractivity contribution in [1.82, 2.24) is 10.6 Å². The molecule has 1 aliphatic heterocycles. The molecule has 0 amide bonds. The minimum atomic E-state index is 0.582. The Balaban J connectivity index is 1.64. The summed E-state index contributed by atoms with van der Waals surface area (Å²) < 4.78 is 0. The highest BCUT2D eigenvalue weighted by Gasteiger charge is 2.26. The first kappa shape index (κ1) is 13.4. The molecule has 2 N–H and O–H groups in total. The van der Waals surface area contributed by atoms with Crippen molar-refractivity contribution < 1.29 is 0 Å². The highest BCUT2D eigenvalue weighted by atomic mass is 15.0. The van der Waals surface area contributed by atoms with Gasteiger partial charge in [0.25, 0.3) is 0 Å². The maximum absolute atomic E-state index is 3.72. The number of piperidine rings is 1. The van der Waals surface area contributed by atoms with Gasteiger partial charge in [-0.05, 0) is 43.6 Å². The van der Waals surface area contributed by atoms with Crippen molar-refractivity contribution in [2.24, 2.45) is 11.3 Å². The second-order valence-corrected chi connectivity index (χ2v) is 6.78. The monoisotopic (exact) mass is 238 g/mol. The summed E-state index contributed by atoms with van der Waals surface area (Å²) in [6.45, 7) is 8.46. The van der Waals surface area contributed by atoms with E-state index in [1.165, 1.54) is 64.6 Å². The van der Waals surface area contributed by atoms with Crippen LogP contribution >= 0.6 is 0 Å². The largest absolute Gasteiger partial charge is 0.315 e. The SMILES string of the molecule is CC1CCNC(CNCC2(C)CCCCC2)C1. The van der Waals surface area contributed by atoms with Crippen molar-refractivity contribution in [1.29, 1.82) is 0 Å². The lowest BCUT2D eigenvalue weighted by molar-refractivity contribution is 0.201. The first-order valence-corrected chi connectivity index (χ1v) is 7.62. The van der Waals surface area contributed by atoms with Gasteiger partial charge >= 0.3 is 0 Å². The van der Waals surface area contributed by atoms with Gasteiger partial charge in [0.1, 0.15) is 0 Å². The number of rotatable bonds is 4. The van der Waals surface area contributed by atoms with E-state index in [0.717, 1.165) is 5.92 Å². The normalized spacial score (nSPS) is 33.5. The van der Waals surface area contributed by atoms with E-state index in [0.29, 0.717) is 11.5 Å². The summed E-state index contributed by atoms with van der Waals surface area (Å²) in [7, 11) is 0. The van der Waals surface area contributed by atoms with Crippen LogP contribution in [0.4, 0.5) is 0 Å². The van der Waals surface area contributed by atoms with Gasteiger partial charge in [-0.1, -0.05) is 33.1 Å². The van der Waals surface area contributed by atoms with Gasteiger partial charge in [-0.15, -0.1) is 0 Å². The lowest BCUT2D eigenvalue weighted by Gasteiger charge is -2.35. The molecule has 100 valence electrons. The molecule has 2 rings (SSSR count). The third kappa shape index (κ3) is 4.26. The Bertz CT molecular complexity index is 221. The Morgan fingerprint density at radius 3 is 2.71 bits per heavy atom. The Morgan fingerprint density at radius 2 is 2.00 bits per heavy atom. The number of hydrogen-bond donors (Lipinski definition) is 2. The second-order valence-electron chi connectivity index (χ2n) is 6.78. The van der Waals surface area contributed by atoms with Crippen LogP contribution in [-0.4, -0.2) is 25.7 Å². The van der Waals surface area contributed by atoms with Crippen molar-refractivity contribution in [3.63, 3.8) is 0 Å². The third-order valence-electron chi connectivity index (χ3n) is 4.76. The molecule has 2 atom stereocenters. The van der Waals surface area contributed by atoms with Gasteiger partial charge in [0, 0.05) is 19.1 Å². The van der Waals surface area contributed by atoms with E-state index in [9.17, 15) is 0 Å². The molecule has 2 unspecified atom stereocenters. The van der Waals surface area contributed by atoms with Gasteiger partial charge in [-0.2, -0.15) is 0 Å². The van der Waals surface area contributed by atoms with Crippen molar-refractivity contribution in [2.45, 2.75) is 64.8 Å². The zero-order chi connectivity index (χ0) is 12.1. The lowest BCUT2D eigenvalue weighted by atomic mass is 9.75. The minimum absolute atomic E-state index is 0.582. The van der Waals surface area contributed by atoms with Crippen LogP contribution in [0.1, 0.15) is 58.8 Å². The fourth-order valence-electron chi connectivity index (χ4n) is 3.51. The maximum Gasteiger partial charge on any atom is 0.0195 e. The molecule has 1 saturated carbocycles. The van der Waals surface area contributed by atoms with E-state index in [2.05, 4.69) is 24.5 Å². The predicted molar refractivity (Wildman–Crippen MR) is 74.3 cm³/mol. The van der Waals surface area contributed by atoms with Crippen LogP contribution in [0.2, 0.25) is 0 Å². The Kier molecular flexibility index (Phi) is 4.87. The molecule has 0 aromatic carbocycles. The van der Waals surface area contributed by atoms with Gasteiger partial charge in [0.15, 0.2) is 0 Å². The van der Waals surface area contributed by atoms with Gasteiger partial charge in [0.2, 0.25) is 0 Å². The summed E-state index contributed by atoms with van der Waals surface area (Å²) in [4.78, 5) is 0. The topological polar surface area (TPSA) is 24.1 Å². The summed E-state index contributed by atoms with van der Waals surface area (Å²) >= 11 is 0. The summed E-state index contributed by atoms with van der Waals surface area (Å²) in [6.07, 6.45) is 9.89. The number of hydrogen-bond acceptors (Lipinski definition) is 2. The molecular formula is C15H30N2.